The van der Waals surface area contributed by atoms with Gasteiger partial charge in [-0.25, -0.2) is 9.59 Å². The maximum absolute atomic E-state index is 13.5. The number of carboxylic acids is 1. The Balaban J connectivity index is 1.34. The molecule has 6 rings (SSSR count). The van der Waals surface area contributed by atoms with E-state index in [2.05, 4.69) is 54.5 Å². The first-order chi connectivity index (χ1) is 22.4. The Hall–Kier alpha value is -2.89. The van der Waals surface area contributed by atoms with Crippen LogP contribution in [-0.4, -0.2) is 35.2 Å². The van der Waals surface area contributed by atoms with E-state index in [1.54, 1.807) is 13.0 Å². The Morgan fingerprint density at radius 1 is 0.833 bits per heavy atom. The third-order valence-corrected chi connectivity index (χ3v) is 15.2. The van der Waals surface area contributed by atoms with Crippen molar-refractivity contribution in [1.82, 2.24) is 0 Å². The van der Waals surface area contributed by atoms with Crippen molar-refractivity contribution >= 4 is 17.9 Å². The molecule has 0 unspecified atom stereocenters. The largest absolute Gasteiger partial charge is 0.481 e. The Bertz CT molecular complexity index is 1540. The van der Waals surface area contributed by atoms with E-state index >= 15 is 0 Å². The van der Waals surface area contributed by atoms with E-state index in [4.69, 9.17) is 9.47 Å². The van der Waals surface area contributed by atoms with Gasteiger partial charge in [0.05, 0.1) is 5.56 Å². The summed E-state index contributed by atoms with van der Waals surface area (Å²) < 4.78 is 12.5. The second-order valence-electron chi connectivity index (χ2n) is 18.3. The van der Waals surface area contributed by atoms with Crippen molar-refractivity contribution in [2.75, 3.05) is 0 Å². The average molecular weight is 659 g/mol. The fourth-order valence-corrected chi connectivity index (χ4v) is 12.2. The van der Waals surface area contributed by atoms with E-state index < -0.39 is 23.5 Å². The van der Waals surface area contributed by atoms with E-state index in [1.165, 1.54) is 5.57 Å². The van der Waals surface area contributed by atoms with Gasteiger partial charge in [0.15, 0.2) is 0 Å². The molecule has 1 aromatic rings. The number of carboxylic acid groups (broad SMARTS) is 1. The van der Waals surface area contributed by atoms with Crippen LogP contribution >= 0.6 is 0 Å². The molecule has 5 aliphatic carbocycles. The highest BCUT2D eigenvalue weighted by molar-refractivity contribution is 5.89. The predicted molar refractivity (Wildman–Crippen MR) is 187 cm³/mol. The van der Waals surface area contributed by atoms with Crippen LogP contribution in [-0.2, 0) is 19.1 Å². The zero-order valence-electron chi connectivity index (χ0n) is 30.8. The molecule has 0 saturated heterocycles. The van der Waals surface area contributed by atoms with Gasteiger partial charge in [-0.05, 0) is 117 Å². The van der Waals surface area contributed by atoms with Crippen molar-refractivity contribution in [3.63, 3.8) is 0 Å². The highest BCUT2D eigenvalue weighted by Gasteiger charge is 2.71. The fraction of sp³-hybridized carbons (Fsp3) is 0.690. The minimum Gasteiger partial charge on any atom is -0.481 e. The first-order valence-corrected chi connectivity index (χ1v) is 18.4. The number of allylic oxidation sites excluding steroid dienone is 3. The van der Waals surface area contributed by atoms with Crippen molar-refractivity contribution in [2.45, 2.75) is 132 Å². The number of hydrogen-bond acceptors (Lipinski definition) is 5. The number of benzene rings is 1. The molecule has 1 N–H and O–H groups in total. The maximum atomic E-state index is 13.5. The molecule has 6 heteroatoms. The number of rotatable bonds is 5. The fourth-order valence-electron chi connectivity index (χ4n) is 12.2. The first-order valence-electron chi connectivity index (χ1n) is 18.4. The topological polar surface area (TPSA) is 89.9 Å². The number of fused-ring (bicyclic) bond motifs is 7. The van der Waals surface area contributed by atoms with Crippen molar-refractivity contribution in [1.29, 1.82) is 0 Å². The quantitative estimate of drug-likeness (QED) is 0.193. The van der Waals surface area contributed by atoms with Crippen LogP contribution in [0.2, 0.25) is 0 Å². The summed E-state index contributed by atoms with van der Waals surface area (Å²) in [6.07, 6.45) is 10.9. The Morgan fingerprint density at radius 3 is 2.17 bits per heavy atom. The molecule has 48 heavy (non-hydrogen) atoms. The predicted octanol–water partition coefficient (Wildman–Crippen LogP) is 9.59. The lowest BCUT2D eigenvalue weighted by Crippen LogP contribution is -2.67. The first kappa shape index (κ1) is 35.0. The standard InChI is InChI=1S/C42H58O6/c1-10-26(2)34(43)48-33-25-37(3,4)24-29-28-16-17-31-39(7)20-19-32(47-35(44)27-14-12-11-13-15-27)38(5,6)30(39)18-21-41(31,9)40(28,8)22-23-42(29,33)36(45)46/h10-16,29-33H,17-25H2,1-9H3,(H,45,46)/b26-10+/t29-,30-,31+,32-,33+,39-,40+,41+,42-/m0/s1. The monoisotopic (exact) mass is 658 g/mol. The van der Waals surface area contributed by atoms with Gasteiger partial charge < -0.3 is 14.6 Å². The number of esters is 2. The van der Waals surface area contributed by atoms with Crippen LogP contribution in [0.15, 0.2) is 53.6 Å². The molecule has 0 aliphatic heterocycles. The molecule has 4 saturated carbocycles. The van der Waals surface area contributed by atoms with Crippen LogP contribution < -0.4 is 0 Å². The Kier molecular flexibility index (Phi) is 8.44. The van der Waals surface area contributed by atoms with Crippen LogP contribution in [0.1, 0.15) is 130 Å². The SMILES string of the molecule is C/C=C(\C)C(=O)O[C@@H]1CC(C)(C)C[C@H]2C3=CC[C@@H]4[C@@]5(C)CC[C@H](OC(=O)c6ccccc6)C(C)(C)[C@@H]5CC[C@@]4(C)[C@]3(C)CC[C@@]12C(=O)O. The van der Waals surface area contributed by atoms with Crippen LogP contribution in [0.25, 0.3) is 0 Å². The van der Waals surface area contributed by atoms with Crippen LogP contribution in [0, 0.1) is 50.2 Å². The molecule has 4 fully saturated rings. The van der Waals surface area contributed by atoms with E-state index in [9.17, 15) is 19.5 Å². The van der Waals surface area contributed by atoms with Crippen molar-refractivity contribution in [3.05, 3.63) is 59.2 Å². The summed E-state index contributed by atoms with van der Waals surface area (Å²) in [6, 6.07) is 9.33. The molecule has 0 spiro atoms. The second-order valence-corrected chi connectivity index (χ2v) is 18.3. The molecule has 0 aromatic heterocycles. The summed E-state index contributed by atoms with van der Waals surface area (Å²) in [6.45, 7) is 20.0. The highest BCUT2D eigenvalue weighted by atomic mass is 16.6. The van der Waals surface area contributed by atoms with Gasteiger partial charge >= 0.3 is 17.9 Å². The third kappa shape index (κ3) is 4.96. The van der Waals surface area contributed by atoms with Crippen LogP contribution in [0.3, 0.4) is 0 Å². The lowest BCUT2D eigenvalue weighted by molar-refractivity contribution is -0.215. The average Bonchev–Trinajstić information content (AvgIpc) is 3.02. The summed E-state index contributed by atoms with van der Waals surface area (Å²) in [4.78, 5) is 39.8. The summed E-state index contributed by atoms with van der Waals surface area (Å²) in [5.41, 5.74) is 0.845. The number of ether oxygens (including phenoxy) is 2. The van der Waals surface area contributed by atoms with Gasteiger partial charge in [-0.3, -0.25) is 4.79 Å². The molecule has 1 aromatic carbocycles. The molecule has 0 amide bonds. The summed E-state index contributed by atoms with van der Waals surface area (Å²) in [5, 5.41) is 11.1. The van der Waals surface area contributed by atoms with Gasteiger partial charge in [0, 0.05) is 16.9 Å². The second kappa shape index (κ2) is 11.6. The summed E-state index contributed by atoms with van der Waals surface area (Å²) >= 11 is 0. The van der Waals surface area contributed by atoms with E-state index in [0.717, 1.165) is 44.9 Å². The van der Waals surface area contributed by atoms with Gasteiger partial charge in [-0.1, -0.05) is 84.4 Å². The number of aliphatic carboxylic acids is 1. The molecule has 5 aliphatic rings. The van der Waals surface area contributed by atoms with Gasteiger partial charge in [-0.2, -0.15) is 0 Å². The zero-order valence-corrected chi connectivity index (χ0v) is 30.8. The van der Waals surface area contributed by atoms with Gasteiger partial charge in [-0.15, -0.1) is 0 Å². The van der Waals surface area contributed by atoms with Crippen molar-refractivity contribution in [2.24, 2.45) is 50.2 Å². The molecule has 0 bridgehead atoms. The van der Waals surface area contributed by atoms with E-state index in [0.29, 0.717) is 35.8 Å². The van der Waals surface area contributed by atoms with Crippen LogP contribution in [0.4, 0.5) is 0 Å². The van der Waals surface area contributed by atoms with Crippen LogP contribution in [0.5, 0.6) is 0 Å². The summed E-state index contributed by atoms with van der Waals surface area (Å²) in [5.74, 6) is -0.819. The molecular formula is C42H58O6. The van der Waals surface area contributed by atoms with Gasteiger partial charge in [0.25, 0.3) is 0 Å². The minimum atomic E-state index is -1.13. The number of hydrogen-bond donors (Lipinski definition) is 1. The molecular weight excluding hydrogens is 600 g/mol. The molecule has 0 radical (unpaired) electrons. The minimum absolute atomic E-state index is 0.00801. The zero-order chi connectivity index (χ0) is 35.1. The third-order valence-electron chi connectivity index (χ3n) is 15.2. The highest BCUT2D eigenvalue weighted by Crippen LogP contribution is 2.76. The van der Waals surface area contributed by atoms with Crippen molar-refractivity contribution in [3.8, 4) is 0 Å². The van der Waals surface area contributed by atoms with Crippen molar-refractivity contribution < 1.29 is 29.0 Å². The maximum Gasteiger partial charge on any atom is 0.338 e. The Morgan fingerprint density at radius 2 is 1.52 bits per heavy atom. The van der Waals surface area contributed by atoms with Gasteiger partial charge in [0.2, 0.25) is 0 Å². The Labute approximate surface area is 288 Å². The molecule has 9 atom stereocenters. The number of carbonyl (C=O) groups excluding carboxylic acids is 2. The normalized spacial score (nSPS) is 41.3. The van der Waals surface area contributed by atoms with E-state index in [-0.39, 0.29) is 45.1 Å². The molecule has 6 nitrogen and oxygen atoms in total. The lowest BCUT2D eigenvalue weighted by Gasteiger charge is -2.71. The molecule has 0 heterocycles. The summed E-state index contributed by atoms with van der Waals surface area (Å²) in [7, 11) is 0. The molecule has 262 valence electrons. The van der Waals surface area contributed by atoms with Gasteiger partial charge in [0.1, 0.15) is 17.6 Å². The van der Waals surface area contributed by atoms with E-state index in [1.807, 2.05) is 37.3 Å². The smallest absolute Gasteiger partial charge is 0.338 e. The number of carbonyl (C=O) groups is 3. The lowest BCUT2D eigenvalue weighted by atomic mass is 9.33.